The van der Waals surface area contributed by atoms with Gasteiger partial charge in [-0.05, 0) is 23.4 Å². The lowest BCUT2D eigenvalue weighted by atomic mass is 10.2. The Hall–Kier alpha value is -1.69. The molecule has 0 radical (unpaired) electrons. The van der Waals surface area contributed by atoms with Crippen molar-refractivity contribution in [2.24, 2.45) is 0 Å². The summed E-state index contributed by atoms with van der Waals surface area (Å²) in [4.78, 5) is 22.1. The maximum Gasteiger partial charge on any atom is 0.349 e. The number of aromatic nitrogens is 3. The summed E-state index contributed by atoms with van der Waals surface area (Å²) in [6.07, 6.45) is 0.894. The molecule has 2 rings (SSSR count). The molecule has 6 heteroatoms. The Bertz CT molecular complexity index is 531. The Balaban J connectivity index is 2.58. The Morgan fingerprint density at radius 3 is 3.00 bits per heavy atom. The van der Waals surface area contributed by atoms with Crippen LogP contribution in [0, 0.1) is 0 Å². The number of nitrogens with one attached hydrogen (secondary N) is 1. The smallest absolute Gasteiger partial charge is 0.349 e. The molecule has 5 nitrogen and oxygen atoms in total. The van der Waals surface area contributed by atoms with Crippen LogP contribution in [-0.4, -0.2) is 15.0 Å². The Morgan fingerprint density at radius 1 is 1.53 bits per heavy atom. The van der Waals surface area contributed by atoms with Gasteiger partial charge in [0.25, 0.3) is 0 Å². The number of nitrogens with zero attached hydrogens (tertiary/aromatic N) is 2. The molecule has 0 aliphatic heterocycles. The van der Waals surface area contributed by atoms with Crippen LogP contribution < -0.4 is 11.4 Å². The van der Waals surface area contributed by atoms with Crippen LogP contribution >= 0.6 is 11.3 Å². The zero-order valence-electron chi connectivity index (χ0n) is 8.15. The molecular weight excluding hydrogens is 212 g/mol. The van der Waals surface area contributed by atoms with Gasteiger partial charge in [-0.2, -0.15) is 9.97 Å². The molecule has 0 atom stereocenters. The topological polar surface area (TPSA) is 84.7 Å². The summed E-state index contributed by atoms with van der Waals surface area (Å²) in [5.41, 5.74) is 6.10. The Kier molecular flexibility index (Phi) is 2.51. The first-order valence-electron chi connectivity index (χ1n) is 4.51. The molecule has 0 saturated carbocycles. The number of thiophene rings is 1. The fraction of sp³-hybridized carbons (Fsp3) is 0.222. The number of H-pyrrole nitrogens is 1. The van der Waals surface area contributed by atoms with Crippen LogP contribution in [0.1, 0.15) is 12.5 Å². The van der Waals surface area contributed by atoms with Crippen molar-refractivity contribution >= 4 is 17.3 Å². The summed E-state index contributed by atoms with van der Waals surface area (Å²) in [5, 5.41) is 1.96. The van der Waals surface area contributed by atoms with Gasteiger partial charge in [-0.15, -0.1) is 11.3 Å². The van der Waals surface area contributed by atoms with E-state index in [1.54, 1.807) is 0 Å². The first kappa shape index (κ1) is 9.85. The van der Waals surface area contributed by atoms with Crippen molar-refractivity contribution in [2.45, 2.75) is 13.3 Å². The standard InChI is InChI=1S/C9H10N4OS/c1-2-5-3-4-15-6(5)7-11-8(10)13-9(14)12-7/h3-4H,2H2,1H3,(H3,10,11,12,13,14). The third-order valence-corrected chi connectivity index (χ3v) is 2.97. The van der Waals surface area contributed by atoms with E-state index >= 15 is 0 Å². The number of aromatic amines is 1. The molecule has 2 aromatic rings. The number of nitrogen functional groups attached to an aromatic ring is 1. The monoisotopic (exact) mass is 222 g/mol. The lowest BCUT2D eigenvalue weighted by Crippen LogP contribution is -2.15. The van der Waals surface area contributed by atoms with Crippen LogP contribution in [0.25, 0.3) is 10.7 Å². The highest BCUT2D eigenvalue weighted by Crippen LogP contribution is 2.26. The summed E-state index contributed by atoms with van der Waals surface area (Å²) < 4.78 is 0. The molecule has 0 amide bonds. The number of aryl methyl sites for hydroxylation is 1. The average molecular weight is 222 g/mol. The van der Waals surface area contributed by atoms with Gasteiger partial charge in [0.1, 0.15) is 0 Å². The maximum absolute atomic E-state index is 11.1. The number of hydrogen-bond donors (Lipinski definition) is 2. The number of rotatable bonds is 2. The van der Waals surface area contributed by atoms with Crippen molar-refractivity contribution in [3.8, 4) is 10.7 Å². The van der Waals surface area contributed by atoms with Crippen LogP contribution in [0.4, 0.5) is 5.95 Å². The van der Waals surface area contributed by atoms with E-state index in [4.69, 9.17) is 5.73 Å². The molecule has 0 aromatic carbocycles. The largest absolute Gasteiger partial charge is 0.368 e. The average Bonchev–Trinajstić information content (AvgIpc) is 2.63. The highest BCUT2D eigenvalue weighted by atomic mass is 32.1. The van der Waals surface area contributed by atoms with Gasteiger partial charge < -0.3 is 5.73 Å². The van der Waals surface area contributed by atoms with E-state index in [0.29, 0.717) is 5.82 Å². The van der Waals surface area contributed by atoms with Gasteiger partial charge in [0, 0.05) is 0 Å². The zero-order chi connectivity index (χ0) is 10.8. The molecule has 0 saturated heterocycles. The number of nitrogens with two attached hydrogens (primary N) is 1. The summed E-state index contributed by atoms with van der Waals surface area (Å²) in [5.74, 6) is 0.503. The first-order valence-corrected chi connectivity index (χ1v) is 5.39. The Morgan fingerprint density at radius 2 is 2.33 bits per heavy atom. The van der Waals surface area contributed by atoms with Crippen LogP contribution in [0.15, 0.2) is 16.2 Å². The fourth-order valence-electron chi connectivity index (χ4n) is 1.33. The summed E-state index contributed by atoms with van der Waals surface area (Å²) in [6.45, 7) is 2.05. The summed E-state index contributed by atoms with van der Waals surface area (Å²) >= 11 is 1.53. The number of hydrogen-bond acceptors (Lipinski definition) is 5. The van der Waals surface area contributed by atoms with Crippen molar-refractivity contribution in [3.63, 3.8) is 0 Å². The van der Waals surface area contributed by atoms with Gasteiger partial charge >= 0.3 is 5.69 Å². The molecule has 78 valence electrons. The second-order valence-corrected chi connectivity index (χ2v) is 3.91. The molecule has 15 heavy (non-hydrogen) atoms. The Labute approximate surface area is 90.0 Å². The molecule has 0 unspecified atom stereocenters. The third-order valence-electron chi connectivity index (χ3n) is 2.01. The van der Waals surface area contributed by atoms with Crippen LogP contribution in [0.3, 0.4) is 0 Å². The minimum Gasteiger partial charge on any atom is -0.368 e. The molecule has 2 heterocycles. The van der Waals surface area contributed by atoms with E-state index < -0.39 is 5.69 Å². The predicted molar refractivity (Wildman–Crippen MR) is 59.8 cm³/mol. The lowest BCUT2D eigenvalue weighted by Gasteiger charge is -2.00. The van der Waals surface area contributed by atoms with E-state index in [2.05, 4.69) is 15.0 Å². The molecule has 2 aromatic heterocycles. The number of anilines is 1. The molecule has 0 fully saturated rings. The second-order valence-electron chi connectivity index (χ2n) is 2.99. The van der Waals surface area contributed by atoms with E-state index in [0.717, 1.165) is 16.9 Å². The normalized spacial score (nSPS) is 10.5. The van der Waals surface area contributed by atoms with Crippen molar-refractivity contribution in [1.82, 2.24) is 15.0 Å². The van der Waals surface area contributed by atoms with E-state index in [1.807, 2.05) is 18.4 Å². The molecule has 0 spiro atoms. The second kappa shape index (κ2) is 3.82. The van der Waals surface area contributed by atoms with Crippen molar-refractivity contribution < 1.29 is 0 Å². The molecule has 0 aliphatic carbocycles. The van der Waals surface area contributed by atoms with Crippen molar-refractivity contribution in [3.05, 3.63) is 27.5 Å². The molecule has 0 bridgehead atoms. The van der Waals surface area contributed by atoms with E-state index in [1.165, 1.54) is 11.3 Å². The quantitative estimate of drug-likeness (QED) is 0.795. The van der Waals surface area contributed by atoms with Gasteiger partial charge in [-0.1, -0.05) is 6.92 Å². The maximum atomic E-state index is 11.1. The van der Waals surface area contributed by atoms with Crippen molar-refractivity contribution in [2.75, 3.05) is 5.73 Å². The lowest BCUT2D eigenvalue weighted by molar-refractivity contribution is 1.01. The molecule has 0 aliphatic rings. The summed E-state index contributed by atoms with van der Waals surface area (Å²) in [7, 11) is 0. The van der Waals surface area contributed by atoms with Crippen LogP contribution in [-0.2, 0) is 6.42 Å². The third kappa shape index (κ3) is 1.89. The van der Waals surface area contributed by atoms with Gasteiger partial charge in [0.15, 0.2) is 5.82 Å². The SMILES string of the molecule is CCc1ccsc1-c1nc(N)nc(=O)[nH]1. The predicted octanol–water partition coefficient (Wildman–Crippen LogP) is 1.04. The van der Waals surface area contributed by atoms with Crippen LogP contribution in [0.2, 0.25) is 0 Å². The van der Waals surface area contributed by atoms with Gasteiger partial charge in [-0.25, -0.2) is 4.79 Å². The van der Waals surface area contributed by atoms with E-state index in [-0.39, 0.29) is 5.95 Å². The molecule has 3 N–H and O–H groups in total. The van der Waals surface area contributed by atoms with E-state index in [9.17, 15) is 4.79 Å². The van der Waals surface area contributed by atoms with Gasteiger partial charge in [-0.3, -0.25) is 4.98 Å². The minimum absolute atomic E-state index is 0.00389. The summed E-state index contributed by atoms with van der Waals surface area (Å²) in [6, 6.07) is 2.01. The minimum atomic E-state index is -0.465. The highest BCUT2D eigenvalue weighted by molar-refractivity contribution is 7.13. The highest BCUT2D eigenvalue weighted by Gasteiger charge is 2.08. The zero-order valence-corrected chi connectivity index (χ0v) is 8.97. The van der Waals surface area contributed by atoms with Gasteiger partial charge in [0.05, 0.1) is 4.88 Å². The first-order chi connectivity index (χ1) is 7.20. The van der Waals surface area contributed by atoms with Crippen molar-refractivity contribution in [1.29, 1.82) is 0 Å². The fourth-order valence-corrected chi connectivity index (χ4v) is 2.27. The van der Waals surface area contributed by atoms with Gasteiger partial charge in [0.2, 0.25) is 5.95 Å². The van der Waals surface area contributed by atoms with Crippen LogP contribution in [0.5, 0.6) is 0 Å². The molecular formula is C9H10N4OS.